The third-order valence-electron chi connectivity index (χ3n) is 3.12. The summed E-state index contributed by atoms with van der Waals surface area (Å²) in [5.41, 5.74) is 0.159. The molecule has 1 saturated carbocycles. The molecule has 1 aliphatic carbocycles. The summed E-state index contributed by atoms with van der Waals surface area (Å²) in [5, 5.41) is 9.27. The fraction of sp³-hybridized carbons (Fsp3) is 0.462. The molecule has 0 bridgehead atoms. The smallest absolute Gasteiger partial charge is 0.337 e. The summed E-state index contributed by atoms with van der Waals surface area (Å²) in [4.78, 5) is 11.9. The molecule has 3 nitrogen and oxygen atoms in total. The summed E-state index contributed by atoms with van der Waals surface area (Å²) in [6.07, 6.45) is 6.28. The normalized spacial score (nSPS) is 16.7. The monoisotopic (exact) mass is 285 g/mol. The van der Waals surface area contributed by atoms with Gasteiger partial charge in [0.1, 0.15) is 0 Å². The zero-order valence-corrected chi connectivity index (χ0v) is 11.6. The van der Waals surface area contributed by atoms with Crippen molar-refractivity contribution in [1.29, 1.82) is 0 Å². The molecule has 0 atom stereocenters. The number of carbonyl (C=O) groups is 1. The van der Waals surface area contributed by atoms with Crippen LogP contribution >= 0.6 is 23.5 Å². The van der Waals surface area contributed by atoms with Gasteiger partial charge in [0.2, 0.25) is 0 Å². The second kappa shape index (κ2) is 6.45. The minimum absolute atomic E-state index is 0.159. The molecule has 1 fully saturated rings. The molecule has 1 aromatic carbocycles. The van der Waals surface area contributed by atoms with Crippen LogP contribution in [0.15, 0.2) is 23.1 Å². The predicted molar refractivity (Wildman–Crippen MR) is 74.3 cm³/mol. The van der Waals surface area contributed by atoms with E-state index in [0.717, 1.165) is 4.90 Å². The highest BCUT2D eigenvalue weighted by Crippen LogP contribution is 2.25. The van der Waals surface area contributed by atoms with E-state index in [0.29, 0.717) is 6.04 Å². The maximum absolute atomic E-state index is 11.0. The summed E-state index contributed by atoms with van der Waals surface area (Å²) >= 11 is 7.32. The number of halogens is 1. The second-order valence-corrected chi connectivity index (χ2v) is 5.82. The van der Waals surface area contributed by atoms with Crippen LogP contribution in [0.4, 0.5) is 0 Å². The average Bonchev–Trinajstić information content (AvgIpc) is 2.38. The number of carboxylic acids is 1. The summed E-state index contributed by atoms with van der Waals surface area (Å²) in [7, 11) is 0. The second-order valence-electron chi connectivity index (χ2n) is 4.50. The van der Waals surface area contributed by atoms with Crippen LogP contribution in [-0.2, 0) is 0 Å². The minimum Gasteiger partial charge on any atom is -0.478 e. The highest BCUT2D eigenvalue weighted by molar-refractivity contribution is 7.97. The van der Waals surface area contributed by atoms with Gasteiger partial charge in [0.25, 0.3) is 0 Å². The number of carboxylic acid groups (broad SMARTS) is 1. The Morgan fingerprint density at radius 2 is 2.06 bits per heavy atom. The van der Waals surface area contributed by atoms with Gasteiger partial charge in [-0.05, 0) is 43.0 Å². The molecule has 0 aromatic heterocycles. The quantitative estimate of drug-likeness (QED) is 0.822. The Bertz CT molecular complexity index is 433. The standard InChI is InChI=1S/C13H16ClNO2S/c14-12-7-6-10(8-11(12)13(16)17)18-15-9-4-2-1-3-5-9/h6-9,15H,1-5H2,(H,16,17). The van der Waals surface area contributed by atoms with Crippen molar-refractivity contribution < 1.29 is 9.90 Å². The fourth-order valence-corrected chi connectivity index (χ4v) is 3.15. The zero-order valence-electron chi connectivity index (χ0n) is 9.99. The first-order chi connectivity index (χ1) is 8.66. The lowest BCUT2D eigenvalue weighted by Gasteiger charge is -2.22. The molecular formula is C13H16ClNO2S. The number of hydrogen-bond acceptors (Lipinski definition) is 3. The van der Waals surface area contributed by atoms with Gasteiger partial charge in [-0.25, -0.2) is 4.79 Å². The van der Waals surface area contributed by atoms with E-state index in [-0.39, 0.29) is 10.6 Å². The van der Waals surface area contributed by atoms with Gasteiger partial charge < -0.3 is 5.11 Å². The number of nitrogens with one attached hydrogen (secondary N) is 1. The van der Waals surface area contributed by atoms with Crippen molar-refractivity contribution in [3.8, 4) is 0 Å². The van der Waals surface area contributed by atoms with Gasteiger partial charge in [0, 0.05) is 10.9 Å². The van der Waals surface area contributed by atoms with Crippen LogP contribution in [0, 0.1) is 0 Å². The van der Waals surface area contributed by atoms with Crippen LogP contribution in [0.3, 0.4) is 0 Å². The Balaban J connectivity index is 1.96. The topological polar surface area (TPSA) is 49.3 Å². The first-order valence-electron chi connectivity index (χ1n) is 6.12. The molecule has 0 aliphatic heterocycles. The van der Waals surface area contributed by atoms with Gasteiger partial charge in [-0.15, -0.1) is 0 Å². The third kappa shape index (κ3) is 3.64. The third-order valence-corrected chi connectivity index (χ3v) is 4.39. The molecule has 1 aromatic rings. The summed E-state index contributed by atoms with van der Waals surface area (Å²) in [5.74, 6) is -0.986. The van der Waals surface area contributed by atoms with E-state index in [4.69, 9.17) is 16.7 Å². The van der Waals surface area contributed by atoms with E-state index in [1.165, 1.54) is 44.1 Å². The van der Waals surface area contributed by atoms with Crippen molar-refractivity contribution in [2.45, 2.75) is 43.0 Å². The van der Waals surface area contributed by atoms with Crippen LogP contribution < -0.4 is 4.72 Å². The van der Waals surface area contributed by atoms with Crippen LogP contribution in [0.25, 0.3) is 0 Å². The number of benzene rings is 1. The van der Waals surface area contributed by atoms with Crippen LogP contribution in [0.5, 0.6) is 0 Å². The maximum atomic E-state index is 11.0. The van der Waals surface area contributed by atoms with Gasteiger partial charge in [0.15, 0.2) is 0 Å². The van der Waals surface area contributed by atoms with E-state index in [1.54, 1.807) is 12.1 Å². The van der Waals surface area contributed by atoms with Crippen LogP contribution in [0.2, 0.25) is 5.02 Å². The largest absolute Gasteiger partial charge is 0.478 e. The van der Waals surface area contributed by atoms with Crippen LogP contribution in [-0.4, -0.2) is 17.1 Å². The van der Waals surface area contributed by atoms with Gasteiger partial charge in [-0.2, -0.15) is 0 Å². The van der Waals surface area contributed by atoms with Gasteiger partial charge in [-0.3, -0.25) is 4.72 Å². The Hall–Kier alpha value is -0.710. The van der Waals surface area contributed by atoms with E-state index < -0.39 is 5.97 Å². The van der Waals surface area contributed by atoms with E-state index >= 15 is 0 Å². The lowest BCUT2D eigenvalue weighted by Crippen LogP contribution is -2.25. The maximum Gasteiger partial charge on any atom is 0.337 e. The van der Waals surface area contributed by atoms with Crippen molar-refractivity contribution in [2.24, 2.45) is 0 Å². The molecule has 0 saturated heterocycles. The van der Waals surface area contributed by atoms with E-state index in [1.807, 2.05) is 6.07 Å². The summed E-state index contributed by atoms with van der Waals surface area (Å²) in [6, 6.07) is 5.63. The Morgan fingerprint density at radius 3 is 2.72 bits per heavy atom. The molecule has 2 rings (SSSR count). The highest BCUT2D eigenvalue weighted by Gasteiger charge is 2.14. The Labute approximate surface area is 116 Å². The summed E-state index contributed by atoms with van der Waals surface area (Å²) < 4.78 is 3.40. The average molecular weight is 286 g/mol. The Morgan fingerprint density at radius 1 is 1.33 bits per heavy atom. The van der Waals surface area contributed by atoms with Gasteiger partial charge in [-0.1, -0.05) is 30.9 Å². The molecule has 1 aliphatic rings. The molecule has 2 N–H and O–H groups in total. The number of rotatable bonds is 4. The van der Waals surface area contributed by atoms with Crippen molar-refractivity contribution in [1.82, 2.24) is 4.72 Å². The predicted octanol–water partition coefficient (Wildman–Crippen LogP) is 3.97. The molecule has 18 heavy (non-hydrogen) atoms. The SMILES string of the molecule is O=C(O)c1cc(SNC2CCCCC2)ccc1Cl. The molecule has 0 unspecified atom stereocenters. The molecule has 98 valence electrons. The molecule has 0 amide bonds. The van der Waals surface area contributed by atoms with Crippen molar-refractivity contribution in [3.05, 3.63) is 28.8 Å². The minimum atomic E-state index is -0.986. The zero-order chi connectivity index (χ0) is 13.0. The number of hydrogen-bond donors (Lipinski definition) is 2. The van der Waals surface area contributed by atoms with Gasteiger partial charge in [0.05, 0.1) is 10.6 Å². The highest BCUT2D eigenvalue weighted by atomic mass is 35.5. The van der Waals surface area contributed by atoms with E-state index in [9.17, 15) is 4.79 Å². The lowest BCUT2D eigenvalue weighted by molar-refractivity contribution is 0.0697. The molecule has 0 heterocycles. The first-order valence-corrected chi connectivity index (χ1v) is 7.31. The molecule has 0 radical (unpaired) electrons. The molecular weight excluding hydrogens is 270 g/mol. The molecule has 5 heteroatoms. The van der Waals surface area contributed by atoms with E-state index in [2.05, 4.69) is 4.72 Å². The lowest BCUT2D eigenvalue weighted by atomic mass is 9.96. The summed E-state index contributed by atoms with van der Waals surface area (Å²) in [6.45, 7) is 0. The van der Waals surface area contributed by atoms with Gasteiger partial charge >= 0.3 is 5.97 Å². The first kappa shape index (κ1) is 13.7. The van der Waals surface area contributed by atoms with Crippen molar-refractivity contribution in [3.63, 3.8) is 0 Å². The fourth-order valence-electron chi connectivity index (χ4n) is 2.10. The van der Waals surface area contributed by atoms with Crippen LogP contribution in [0.1, 0.15) is 42.5 Å². The number of aromatic carboxylic acids is 1. The molecule has 0 spiro atoms. The Kier molecular flexibility index (Phi) is 4.92. The van der Waals surface area contributed by atoms with Crippen molar-refractivity contribution in [2.75, 3.05) is 0 Å². The van der Waals surface area contributed by atoms with Crippen molar-refractivity contribution >= 4 is 29.5 Å².